The van der Waals surface area contributed by atoms with Gasteiger partial charge in [0.15, 0.2) is 5.82 Å². The van der Waals surface area contributed by atoms with Gasteiger partial charge in [0.05, 0.1) is 6.20 Å². The van der Waals surface area contributed by atoms with E-state index in [9.17, 15) is 4.39 Å². The lowest BCUT2D eigenvalue weighted by Gasteiger charge is -2.15. The van der Waals surface area contributed by atoms with E-state index in [1.807, 2.05) is 24.3 Å². The Morgan fingerprint density at radius 2 is 1.88 bits per heavy atom. The Labute approximate surface area is 144 Å². The van der Waals surface area contributed by atoms with Crippen LogP contribution >= 0.6 is 0 Å². The smallest absolute Gasteiger partial charge is 0.180 e. The molecule has 25 heavy (non-hydrogen) atoms. The number of fused-ring (bicyclic) bond motifs is 1. The summed E-state index contributed by atoms with van der Waals surface area (Å²) in [6.07, 6.45) is 4.71. The molecule has 0 saturated heterocycles. The number of anilines is 1. The molecule has 3 aromatic heterocycles. The van der Waals surface area contributed by atoms with E-state index in [4.69, 9.17) is 0 Å². The van der Waals surface area contributed by atoms with Gasteiger partial charge in [0.2, 0.25) is 0 Å². The number of hydrogen-bond donors (Lipinski definition) is 1. The largest absolute Gasteiger partial charge is 0.363 e. The Balaban J connectivity index is 1.66. The number of rotatable bonds is 4. The minimum Gasteiger partial charge on any atom is -0.363 e. The summed E-state index contributed by atoms with van der Waals surface area (Å²) >= 11 is 0. The third-order valence-corrected chi connectivity index (χ3v) is 4.02. The molecule has 3 heterocycles. The van der Waals surface area contributed by atoms with Gasteiger partial charge >= 0.3 is 0 Å². The van der Waals surface area contributed by atoms with Crippen molar-refractivity contribution in [1.29, 1.82) is 0 Å². The molecule has 6 heteroatoms. The van der Waals surface area contributed by atoms with Gasteiger partial charge in [-0.25, -0.2) is 19.3 Å². The van der Waals surface area contributed by atoms with Crippen LogP contribution in [0.5, 0.6) is 0 Å². The summed E-state index contributed by atoms with van der Waals surface area (Å²) in [5.74, 6) is 0.856. The summed E-state index contributed by atoms with van der Waals surface area (Å²) < 4.78 is 15.2. The lowest BCUT2D eigenvalue weighted by molar-refractivity contribution is 0.619. The van der Waals surface area contributed by atoms with E-state index in [2.05, 4.69) is 39.3 Å². The molecular formula is C19H16FN5. The maximum Gasteiger partial charge on any atom is 0.180 e. The van der Waals surface area contributed by atoms with Gasteiger partial charge in [0.25, 0.3) is 0 Å². The van der Waals surface area contributed by atoms with Gasteiger partial charge in [-0.05, 0) is 30.7 Å². The molecule has 4 rings (SSSR count). The predicted octanol–water partition coefficient (Wildman–Crippen LogP) is 4.10. The van der Waals surface area contributed by atoms with Crippen LogP contribution in [0.2, 0.25) is 0 Å². The normalized spacial score (nSPS) is 12.2. The molecule has 0 amide bonds. The van der Waals surface area contributed by atoms with Crippen molar-refractivity contribution in [2.24, 2.45) is 0 Å². The molecule has 0 bridgehead atoms. The van der Waals surface area contributed by atoms with E-state index >= 15 is 0 Å². The van der Waals surface area contributed by atoms with Crippen LogP contribution in [-0.4, -0.2) is 19.4 Å². The highest BCUT2D eigenvalue weighted by Crippen LogP contribution is 2.21. The first-order valence-corrected chi connectivity index (χ1v) is 7.98. The number of benzene rings is 1. The summed E-state index contributed by atoms with van der Waals surface area (Å²) in [7, 11) is 0. The first-order chi connectivity index (χ1) is 12.2. The highest BCUT2D eigenvalue weighted by Gasteiger charge is 2.11. The molecule has 0 fully saturated rings. The second-order valence-electron chi connectivity index (χ2n) is 5.76. The van der Waals surface area contributed by atoms with Gasteiger partial charge in [-0.2, -0.15) is 0 Å². The zero-order valence-electron chi connectivity index (χ0n) is 13.6. The minimum atomic E-state index is -0.335. The van der Waals surface area contributed by atoms with Crippen LogP contribution in [-0.2, 0) is 0 Å². The van der Waals surface area contributed by atoms with Crippen molar-refractivity contribution in [3.63, 3.8) is 0 Å². The van der Waals surface area contributed by atoms with E-state index in [0.29, 0.717) is 23.0 Å². The van der Waals surface area contributed by atoms with Gasteiger partial charge in [-0.3, -0.25) is 4.40 Å². The number of imidazole rings is 1. The molecule has 0 aliphatic heterocycles. The van der Waals surface area contributed by atoms with Crippen molar-refractivity contribution < 1.29 is 4.39 Å². The Bertz CT molecular complexity index is 1010. The van der Waals surface area contributed by atoms with Gasteiger partial charge in [-0.15, -0.1) is 0 Å². The number of nitrogens with one attached hydrogen (secondary N) is 1. The van der Waals surface area contributed by atoms with Gasteiger partial charge < -0.3 is 5.32 Å². The first-order valence-electron chi connectivity index (χ1n) is 7.98. The SMILES string of the molecule is CC(Nc1ccnc(-c2cnc3ccc(F)cn23)n1)c1ccccc1. The number of halogens is 1. The maximum atomic E-state index is 13.5. The molecule has 0 radical (unpaired) electrons. The number of pyridine rings is 1. The van der Waals surface area contributed by atoms with Crippen molar-refractivity contribution in [3.05, 3.63) is 78.5 Å². The summed E-state index contributed by atoms with van der Waals surface area (Å²) in [5, 5.41) is 3.37. The Kier molecular flexibility index (Phi) is 3.85. The van der Waals surface area contributed by atoms with E-state index < -0.39 is 0 Å². The third-order valence-electron chi connectivity index (χ3n) is 4.02. The summed E-state index contributed by atoms with van der Waals surface area (Å²) in [6, 6.07) is 15.0. The van der Waals surface area contributed by atoms with Crippen LogP contribution in [0, 0.1) is 5.82 Å². The molecule has 0 spiro atoms. The molecule has 0 saturated carbocycles. The molecule has 1 atom stereocenters. The van der Waals surface area contributed by atoms with Crippen LogP contribution in [0.25, 0.3) is 17.2 Å². The number of hydrogen-bond acceptors (Lipinski definition) is 4. The molecule has 5 nitrogen and oxygen atoms in total. The van der Waals surface area contributed by atoms with Crippen LogP contribution in [0.3, 0.4) is 0 Å². The molecule has 1 aromatic carbocycles. The quantitative estimate of drug-likeness (QED) is 0.611. The fraction of sp³-hybridized carbons (Fsp3) is 0.105. The van der Waals surface area contributed by atoms with Crippen molar-refractivity contribution >= 4 is 11.5 Å². The predicted molar refractivity (Wildman–Crippen MR) is 94.7 cm³/mol. The third kappa shape index (κ3) is 3.06. The average Bonchev–Trinajstić information content (AvgIpc) is 3.05. The van der Waals surface area contributed by atoms with Gasteiger partial charge in [0, 0.05) is 18.4 Å². The van der Waals surface area contributed by atoms with E-state index in [1.54, 1.807) is 22.9 Å². The molecule has 0 aliphatic carbocycles. The maximum absolute atomic E-state index is 13.5. The second kappa shape index (κ2) is 6.32. The first kappa shape index (κ1) is 15.3. The molecule has 0 aliphatic rings. The molecule has 124 valence electrons. The summed E-state index contributed by atoms with van der Waals surface area (Å²) in [4.78, 5) is 13.1. The molecule has 4 aromatic rings. The standard InChI is InChI=1S/C19H16FN5/c1-13(14-5-3-2-4-6-14)23-17-9-10-21-19(24-17)16-11-22-18-8-7-15(20)12-25(16)18/h2-13H,1H3,(H,21,23,24). The monoisotopic (exact) mass is 333 g/mol. The fourth-order valence-corrected chi connectivity index (χ4v) is 2.73. The van der Waals surface area contributed by atoms with Crippen LogP contribution < -0.4 is 5.32 Å². The van der Waals surface area contributed by atoms with Gasteiger partial charge in [0.1, 0.15) is 23.0 Å². The summed E-state index contributed by atoms with van der Waals surface area (Å²) in [5.41, 5.74) is 2.46. The highest BCUT2D eigenvalue weighted by molar-refractivity contribution is 5.58. The van der Waals surface area contributed by atoms with Crippen LogP contribution in [0.1, 0.15) is 18.5 Å². The summed E-state index contributed by atoms with van der Waals surface area (Å²) in [6.45, 7) is 2.07. The van der Waals surface area contributed by atoms with Crippen molar-refractivity contribution in [1.82, 2.24) is 19.4 Å². The Morgan fingerprint density at radius 3 is 2.72 bits per heavy atom. The molecular weight excluding hydrogens is 317 g/mol. The zero-order chi connectivity index (χ0) is 17.2. The Hall–Kier alpha value is -3.28. The van der Waals surface area contributed by atoms with E-state index in [0.717, 1.165) is 0 Å². The lowest BCUT2D eigenvalue weighted by atomic mass is 10.1. The zero-order valence-corrected chi connectivity index (χ0v) is 13.6. The topological polar surface area (TPSA) is 55.1 Å². The van der Waals surface area contributed by atoms with Gasteiger partial charge in [-0.1, -0.05) is 30.3 Å². The van der Waals surface area contributed by atoms with Crippen LogP contribution in [0.4, 0.5) is 10.2 Å². The van der Waals surface area contributed by atoms with Crippen LogP contribution in [0.15, 0.2) is 67.1 Å². The number of aromatic nitrogens is 4. The minimum absolute atomic E-state index is 0.101. The lowest BCUT2D eigenvalue weighted by Crippen LogP contribution is -2.08. The highest BCUT2D eigenvalue weighted by atomic mass is 19.1. The molecule has 1 N–H and O–H groups in total. The van der Waals surface area contributed by atoms with Crippen molar-refractivity contribution in [2.75, 3.05) is 5.32 Å². The fourth-order valence-electron chi connectivity index (χ4n) is 2.73. The average molecular weight is 333 g/mol. The number of nitrogens with zero attached hydrogens (tertiary/aromatic N) is 4. The Morgan fingerprint density at radius 1 is 1.04 bits per heavy atom. The van der Waals surface area contributed by atoms with E-state index in [1.165, 1.54) is 17.8 Å². The van der Waals surface area contributed by atoms with Crippen molar-refractivity contribution in [3.8, 4) is 11.5 Å². The second-order valence-corrected chi connectivity index (χ2v) is 5.76. The molecule has 1 unspecified atom stereocenters. The van der Waals surface area contributed by atoms with E-state index in [-0.39, 0.29) is 11.9 Å². The van der Waals surface area contributed by atoms with Crippen molar-refractivity contribution in [2.45, 2.75) is 13.0 Å².